The van der Waals surface area contributed by atoms with Gasteiger partial charge in [0.15, 0.2) is 0 Å². The molecule has 0 aromatic heterocycles. The Morgan fingerprint density at radius 1 is 0.957 bits per heavy atom. The first-order valence-electron chi connectivity index (χ1n) is 7.83. The van der Waals surface area contributed by atoms with Gasteiger partial charge in [-0.05, 0) is 29.0 Å². The van der Waals surface area contributed by atoms with E-state index in [2.05, 4.69) is 5.32 Å². The van der Waals surface area contributed by atoms with Crippen molar-refractivity contribution in [3.05, 3.63) is 77.9 Å². The normalized spacial score (nSPS) is 16.4. The van der Waals surface area contributed by atoms with Gasteiger partial charge in [0.05, 0.1) is 12.6 Å². The second-order valence-corrected chi connectivity index (χ2v) is 5.76. The van der Waals surface area contributed by atoms with E-state index in [0.717, 1.165) is 28.5 Å². The van der Waals surface area contributed by atoms with Crippen LogP contribution < -0.4 is 10.1 Å². The molecule has 4 rings (SSSR count). The van der Waals surface area contributed by atoms with E-state index in [9.17, 15) is 4.79 Å². The van der Waals surface area contributed by atoms with Gasteiger partial charge in [-0.2, -0.15) is 0 Å². The fourth-order valence-electron chi connectivity index (χ4n) is 3.06. The van der Waals surface area contributed by atoms with Gasteiger partial charge in [-0.3, -0.25) is 4.79 Å². The highest BCUT2D eigenvalue weighted by molar-refractivity contribution is 5.98. The molecular weight excluding hydrogens is 286 g/mol. The molecule has 1 aliphatic heterocycles. The van der Waals surface area contributed by atoms with E-state index in [1.165, 1.54) is 0 Å². The summed E-state index contributed by atoms with van der Waals surface area (Å²) in [6, 6.07) is 21.7. The SMILES string of the molecule is O=C(NC1CCOc2ccccc21)c1ccc2ccccc2c1. The number of fused-ring (bicyclic) bond motifs is 2. The Labute approximate surface area is 134 Å². The second-order valence-electron chi connectivity index (χ2n) is 5.76. The number of hydrogen-bond donors (Lipinski definition) is 1. The predicted molar refractivity (Wildman–Crippen MR) is 90.7 cm³/mol. The smallest absolute Gasteiger partial charge is 0.251 e. The lowest BCUT2D eigenvalue weighted by Crippen LogP contribution is -2.32. The topological polar surface area (TPSA) is 38.3 Å². The number of nitrogens with one attached hydrogen (secondary N) is 1. The minimum Gasteiger partial charge on any atom is -0.493 e. The lowest BCUT2D eigenvalue weighted by Gasteiger charge is -2.26. The number of carbonyl (C=O) groups is 1. The number of para-hydroxylation sites is 1. The van der Waals surface area contributed by atoms with Crippen LogP contribution in [0.5, 0.6) is 5.75 Å². The summed E-state index contributed by atoms with van der Waals surface area (Å²) < 4.78 is 5.65. The molecule has 0 spiro atoms. The zero-order chi connectivity index (χ0) is 15.6. The van der Waals surface area contributed by atoms with Crippen molar-refractivity contribution in [3.63, 3.8) is 0 Å². The molecule has 3 aromatic carbocycles. The number of ether oxygens (including phenoxy) is 1. The fraction of sp³-hybridized carbons (Fsp3) is 0.150. The number of rotatable bonds is 2. The van der Waals surface area contributed by atoms with E-state index >= 15 is 0 Å². The zero-order valence-corrected chi connectivity index (χ0v) is 12.7. The molecule has 0 radical (unpaired) electrons. The summed E-state index contributed by atoms with van der Waals surface area (Å²) in [5, 5.41) is 5.35. The number of hydrogen-bond acceptors (Lipinski definition) is 2. The van der Waals surface area contributed by atoms with Crippen molar-refractivity contribution in [1.29, 1.82) is 0 Å². The van der Waals surface area contributed by atoms with E-state index in [1.807, 2.05) is 66.7 Å². The fourth-order valence-corrected chi connectivity index (χ4v) is 3.06. The Bertz CT molecular complexity index is 872. The van der Waals surface area contributed by atoms with Crippen LogP contribution >= 0.6 is 0 Å². The molecule has 3 heteroatoms. The largest absolute Gasteiger partial charge is 0.493 e. The lowest BCUT2D eigenvalue weighted by atomic mass is 10.00. The van der Waals surface area contributed by atoms with Crippen LogP contribution in [0.25, 0.3) is 10.8 Å². The Hall–Kier alpha value is -2.81. The van der Waals surface area contributed by atoms with Crippen molar-refractivity contribution in [2.75, 3.05) is 6.61 Å². The third kappa shape index (κ3) is 2.66. The van der Waals surface area contributed by atoms with Crippen LogP contribution in [0.1, 0.15) is 28.4 Å². The minimum atomic E-state index is -0.0440. The molecule has 0 saturated heterocycles. The van der Waals surface area contributed by atoms with Gasteiger partial charge in [0.2, 0.25) is 0 Å². The summed E-state index contributed by atoms with van der Waals surface area (Å²) in [6.45, 7) is 0.625. The van der Waals surface area contributed by atoms with Gasteiger partial charge >= 0.3 is 0 Å². The molecule has 3 aromatic rings. The van der Waals surface area contributed by atoms with Crippen molar-refractivity contribution in [2.24, 2.45) is 0 Å². The summed E-state index contributed by atoms with van der Waals surface area (Å²) >= 11 is 0. The van der Waals surface area contributed by atoms with Crippen LogP contribution in [0.4, 0.5) is 0 Å². The Morgan fingerprint density at radius 2 is 1.74 bits per heavy atom. The molecule has 3 nitrogen and oxygen atoms in total. The number of carbonyl (C=O) groups excluding carboxylic acids is 1. The van der Waals surface area contributed by atoms with Crippen LogP contribution in [-0.2, 0) is 0 Å². The molecule has 1 heterocycles. The second kappa shape index (κ2) is 5.76. The molecule has 1 aliphatic rings. The monoisotopic (exact) mass is 303 g/mol. The maximum absolute atomic E-state index is 12.6. The first-order valence-corrected chi connectivity index (χ1v) is 7.83. The van der Waals surface area contributed by atoms with Crippen LogP contribution in [0.3, 0.4) is 0 Å². The minimum absolute atomic E-state index is 0.001000. The van der Waals surface area contributed by atoms with Gasteiger partial charge in [-0.1, -0.05) is 48.5 Å². The summed E-state index contributed by atoms with van der Waals surface area (Å²) in [4.78, 5) is 12.6. The molecule has 1 unspecified atom stereocenters. The van der Waals surface area contributed by atoms with Crippen molar-refractivity contribution in [3.8, 4) is 5.75 Å². The maximum Gasteiger partial charge on any atom is 0.251 e. The molecule has 1 amide bonds. The Morgan fingerprint density at radius 3 is 2.65 bits per heavy atom. The molecule has 23 heavy (non-hydrogen) atoms. The first-order chi connectivity index (χ1) is 11.3. The van der Waals surface area contributed by atoms with Gasteiger partial charge in [-0.15, -0.1) is 0 Å². The highest BCUT2D eigenvalue weighted by atomic mass is 16.5. The first kappa shape index (κ1) is 13.8. The molecule has 1 atom stereocenters. The summed E-state index contributed by atoms with van der Waals surface area (Å²) in [6.07, 6.45) is 0.788. The van der Waals surface area contributed by atoms with Gasteiger partial charge in [0.1, 0.15) is 5.75 Å². The van der Waals surface area contributed by atoms with Gasteiger partial charge in [0.25, 0.3) is 5.91 Å². The van der Waals surface area contributed by atoms with E-state index in [4.69, 9.17) is 4.74 Å². The Balaban J connectivity index is 1.60. The summed E-state index contributed by atoms with van der Waals surface area (Å²) in [7, 11) is 0. The maximum atomic E-state index is 12.6. The average Bonchev–Trinajstić information content (AvgIpc) is 2.61. The van der Waals surface area contributed by atoms with E-state index < -0.39 is 0 Å². The zero-order valence-electron chi connectivity index (χ0n) is 12.7. The molecule has 0 bridgehead atoms. The van der Waals surface area contributed by atoms with Crippen molar-refractivity contribution in [1.82, 2.24) is 5.32 Å². The van der Waals surface area contributed by atoms with Crippen LogP contribution in [0.2, 0.25) is 0 Å². The van der Waals surface area contributed by atoms with Crippen LogP contribution in [-0.4, -0.2) is 12.5 Å². The summed E-state index contributed by atoms with van der Waals surface area (Å²) in [5.41, 5.74) is 1.74. The van der Waals surface area contributed by atoms with E-state index in [-0.39, 0.29) is 11.9 Å². The van der Waals surface area contributed by atoms with Crippen molar-refractivity contribution < 1.29 is 9.53 Å². The molecule has 0 saturated carbocycles. The van der Waals surface area contributed by atoms with Crippen LogP contribution in [0.15, 0.2) is 66.7 Å². The molecular formula is C20H17NO2. The molecule has 0 aliphatic carbocycles. The molecule has 1 N–H and O–H groups in total. The van der Waals surface area contributed by atoms with E-state index in [0.29, 0.717) is 12.2 Å². The van der Waals surface area contributed by atoms with Gasteiger partial charge in [-0.25, -0.2) is 0 Å². The quantitative estimate of drug-likeness (QED) is 0.774. The summed E-state index contributed by atoms with van der Waals surface area (Å²) in [5.74, 6) is 0.819. The third-order valence-electron chi connectivity index (χ3n) is 4.28. The highest BCUT2D eigenvalue weighted by Gasteiger charge is 2.23. The molecule has 114 valence electrons. The van der Waals surface area contributed by atoms with Crippen molar-refractivity contribution >= 4 is 16.7 Å². The van der Waals surface area contributed by atoms with Gasteiger partial charge < -0.3 is 10.1 Å². The number of amides is 1. The predicted octanol–water partition coefficient (Wildman–Crippen LogP) is 4.09. The standard InChI is InChI=1S/C20H17NO2/c22-20(16-10-9-14-5-1-2-6-15(14)13-16)21-18-11-12-23-19-8-4-3-7-17(18)19/h1-10,13,18H,11-12H2,(H,21,22). The Kier molecular flexibility index (Phi) is 3.46. The molecule has 0 fully saturated rings. The lowest BCUT2D eigenvalue weighted by molar-refractivity contribution is 0.0925. The number of benzene rings is 3. The van der Waals surface area contributed by atoms with Gasteiger partial charge in [0, 0.05) is 17.5 Å². The highest BCUT2D eigenvalue weighted by Crippen LogP contribution is 2.31. The van der Waals surface area contributed by atoms with Crippen LogP contribution in [0, 0.1) is 0 Å². The van der Waals surface area contributed by atoms with E-state index in [1.54, 1.807) is 0 Å². The average molecular weight is 303 g/mol. The van der Waals surface area contributed by atoms with Crippen molar-refractivity contribution in [2.45, 2.75) is 12.5 Å². The third-order valence-corrected chi connectivity index (χ3v) is 4.28.